The Labute approximate surface area is 177 Å². The number of esters is 1. The van der Waals surface area contributed by atoms with Gasteiger partial charge in [0.05, 0.1) is 5.69 Å². The fourth-order valence-corrected chi connectivity index (χ4v) is 4.10. The van der Waals surface area contributed by atoms with E-state index in [-0.39, 0.29) is 12.5 Å². The van der Waals surface area contributed by atoms with Gasteiger partial charge in [-0.15, -0.1) is 11.3 Å². The van der Waals surface area contributed by atoms with Gasteiger partial charge in [0, 0.05) is 41.4 Å². The maximum absolute atomic E-state index is 12.7. The van der Waals surface area contributed by atoms with E-state index in [1.54, 1.807) is 0 Å². The van der Waals surface area contributed by atoms with Gasteiger partial charge in [-0.25, -0.2) is 9.78 Å². The van der Waals surface area contributed by atoms with Crippen LogP contribution in [0.4, 0.5) is 0 Å². The van der Waals surface area contributed by atoms with Crippen molar-refractivity contribution in [3.63, 3.8) is 0 Å². The fraction of sp³-hybridized carbons (Fsp3) is 0.174. The van der Waals surface area contributed by atoms with Crippen LogP contribution in [0.1, 0.15) is 18.2 Å². The van der Waals surface area contributed by atoms with Gasteiger partial charge < -0.3 is 15.0 Å². The standard InChI is InChI=1S/C23H21N3O3S/c1-15(27)25-21(11-17-12-24-20-10-6-5-9-19(17)20)23(28)29-13-18-14-30-22(26-18)16-7-3-2-4-8-16/h2-10,12,14,21,24H,11,13H2,1H3,(H,25,27)/t21-/m0/s1. The smallest absolute Gasteiger partial charge is 0.329 e. The van der Waals surface area contributed by atoms with E-state index in [1.807, 2.05) is 66.2 Å². The number of H-pyrrole nitrogens is 1. The highest BCUT2D eigenvalue weighted by Crippen LogP contribution is 2.24. The van der Waals surface area contributed by atoms with Crippen LogP contribution in [0, 0.1) is 0 Å². The van der Waals surface area contributed by atoms with Crippen molar-refractivity contribution >= 4 is 34.1 Å². The lowest BCUT2D eigenvalue weighted by molar-refractivity contribution is -0.149. The molecular weight excluding hydrogens is 398 g/mol. The van der Waals surface area contributed by atoms with Crippen LogP contribution in [0.15, 0.2) is 66.2 Å². The Balaban J connectivity index is 1.44. The zero-order valence-electron chi connectivity index (χ0n) is 16.4. The molecule has 1 atom stereocenters. The van der Waals surface area contributed by atoms with Gasteiger partial charge in [-0.05, 0) is 11.6 Å². The van der Waals surface area contributed by atoms with Crippen molar-refractivity contribution < 1.29 is 14.3 Å². The Hall–Kier alpha value is -3.45. The SMILES string of the molecule is CC(=O)N[C@@H](Cc1c[nH]c2ccccc12)C(=O)OCc1csc(-c2ccccc2)n1. The maximum Gasteiger partial charge on any atom is 0.329 e. The van der Waals surface area contributed by atoms with E-state index in [1.165, 1.54) is 18.3 Å². The number of ether oxygens (including phenoxy) is 1. The quantitative estimate of drug-likeness (QED) is 0.442. The molecule has 2 aromatic carbocycles. The van der Waals surface area contributed by atoms with Crippen LogP contribution in [-0.2, 0) is 27.4 Å². The zero-order valence-corrected chi connectivity index (χ0v) is 17.2. The summed E-state index contributed by atoms with van der Waals surface area (Å²) in [4.78, 5) is 32.1. The number of fused-ring (bicyclic) bond motifs is 1. The molecule has 0 fully saturated rings. The molecule has 4 rings (SSSR count). The van der Waals surface area contributed by atoms with Gasteiger partial charge in [0.2, 0.25) is 5.91 Å². The van der Waals surface area contributed by atoms with E-state index < -0.39 is 12.0 Å². The average Bonchev–Trinajstić information content (AvgIpc) is 3.39. The molecule has 0 saturated carbocycles. The number of rotatable bonds is 7. The molecule has 0 aliphatic heterocycles. The summed E-state index contributed by atoms with van der Waals surface area (Å²) in [7, 11) is 0. The predicted molar refractivity (Wildman–Crippen MR) is 117 cm³/mol. The minimum absolute atomic E-state index is 0.0616. The van der Waals surface area contributed by atoms with Gasteiger partial charge in [0.1, 0.15) is 17.7 Å². The topological polar surface area (TPSA) is 84.1 Å². The second-order valence-corrected chi connectivity index (χ2v) is 7.79. The fourth-order valence-electron chi connectivity index (χ4n) is 3.29. The summed E-state index contributed by atoms with van der Waals surface area (Å²) >= 11 is 1.50. The van der Waals surface area contributed by atoms with Crippen LogP contribution >= 0.6 is 11.3 Å². The van der Waals surface area contributed by atoms with Crippen LogP contribution in [0.25, 0.3) is 21.5 Å². The Morgan fingerprint density at radius 3 is 2.70 bits per heavy atom. The molecular formula is C23H21N3O3S. The molecule has 0 saturated heterocycles. The molecule has 4 aromatic rings. The Kier molecular flexibility index (Phi) is 5.90. The molecule has 0 aliphatic rings. The number of aromatic amines is 1. The van der Waals surface area contributed by atoms with E-state index >= 15 is 0 Å². The highest BCUT2D eigenvalue weighted by Gasteiger charge is 2.23. The third-order valence-electron chi connectivity index (χ3n) is 4.70. The number of hydrogen-bond acceptors (Lipinski definition) is 5. The summed E-state index contributed by atoms with van der Waals surface area (Å²) in [6.45, 7) is 1.45. The lowest BCUT2D eigenvalue weighted by Gasteiger charge is -2.16. The number of para-hydroxylation sites is 1. The first-order chi connectivity index (χ1) is 14.6. The molecule has 0 unspecified atom stereocenters. The lowest BCUT2D eigenvalue weighted by atomic mass is 10.0. The van der Waals surface area contributed by atoms with Crippen LogP contribution in [0.3, 0.4) is 0 Å². The van der Waals surface area contributed by atoms with Crippen LogP contribution in [0.2, 0.25) is 0 Å². The first kappa shape index (κ1) is 19.8. The molecule has 0 spiro atoms. The number of thiazole rings is 1. The summed E-state index contributed by atoms with van der Waals surface area (Å²) in [6, 6.07) is 16.9. The van der Waals surface area contributed by atoms with E-state index in [2.05, 4.69) is 15.3 Å². The van der Waals surface area contributed by atoms with Crippen molar-refractivity contribution in [2.75, 3.05) is 0 Å². The number of carbonyl (C=O) groups excluding carboxylic acids is 2. The van der Waals surface area contributed by atoms with Gasteiger partial charge in [-0.3, -0.25) is 4.79 Å². The summed E-state index contributed by atoms with van der Waals surface area (Å²) in [6.07, 6.45) is 2.20. The van der Waals surface area contributed by atoms with Crippen molar-refractivity contribution in [1.29, 1.82) is 0 Å². The molecule has 2 N–H and O–H groups in total. The maximum atomic E-state index is 12.7. The van der Waals surface area contributed by atoms with Gasteiger partial charge in [-0.2, -0.15) is 0 Å². The van der Waals surface area contributed by atoms with E-state index in [0.29, 0.717) is 12.1 Å². The normalized spacial score (nSPS) is 11.9. The van der Waals surface area contributed by atoms with E-state index in [4.69, 9.17) is 4.74 Å². The monoisotopic (exact) mass is 419 g/mol. The largest absolute Gasteiger partial charge is 0.458 e. The third-order valence-corrected chi connectivity index (χ3v) is 5.64. The number of aromatic nitrogens is 2. The number of nitrogens with zero attached hydrogens (tertiary/aromatic N) is 1. The molecule has 2 aromatic heterocycles. The Morgan fingerprint density at radius 1 is 1.13 bits per heavy atom. The number of carbonyl (C=O) groups is 2. The summed E-state index contributed by atoms with van der Waals surface area (Å²) < 4.78 is 5.48. The van der Waals surface area contributed by atoms with Crippen molar-refractivity contribution in [3.05, 3.63) is 77.4 Å². The first-order valence-corrected chi connectivity index (χ1v) is 10.5. The number of nitrogens with one attached hydrogen (secondary N) is 2. The first-order valence-electron chi connectivity index (χ1n) is 9.58. The molecule has 2 heterocycles. The molecule has 30 heavy (non-hydrogen) atoms. The highest BCUT2D eigenvalue weighted by molar-refractivity contribution is 7.13. The zero-order chi connectivity index (χ0) is 20.9. The van der Waals surface area contributed by atoms with Crippen LogP contribution in [0.5, 0.6) is 0 Å². The molecule has 1 amide bonds. The van der Waals surface area contributed by atoms with E-state index in [0.717, 1.165) is 27.0 Å². The van der Waals surface area contributed by atoms with Gasteiger partial charge in [-0.1, -0.05) is 48.5 Å². The predicted octanol–water partition coefficient (Wildman–Crippen LogP) is 4.08. The van der Waals surface area contributed by atoms with Crippen LogP contribution in [-0.4, -0.2) is 27.9 Å². The minimum Gasteiger partial charge on any atom is -0.458 e. The highest BCUT2D eigenvalue weighted by atomic mass is 32.1. The molecule has 7 heteroatoms. The summed E-state index contributed by atoms with van der Waals surface area (Å²) in [5, 5.41) is 6.48. The number of benzene rings is 2. The molecule has 0 aliphatic carbocycles. The number of amides is 1. The van der Waals surface area contributed by atoms with E-state index in [9.17, 15) is 9.59 Å². The van der Waals surface area contributed by atoms with Crippen molar-refractivity contribution in [2.45, 2.75) is 26.0 Å². The Bertz CT molecular complexity index is 1170. The average molecular weight is 420 g/mol. The lowest BCUT2D eigenvalue weighted by Crippen LogP contribution is -2.42. The van der Waals surface area contributed by atoms with Gasteiger partial charge in [0.25, 0.3) is 0 Å². The Morgan fingerprint density at radius 2 is 1.90 bits per heavy atom. The molecule has 152 valence electrons. The van der Waals surface area contributed by atoms with Crippen molar-refractivity contribution in [1.82, 2.24) is 15.3 Å². The molecule has 0 radical (unpaired) electrons. The summed E-state index contributed by atoms with van der Waals surface area (Å²) in [5.41, 5.74) is 3.64. The van der Waals surface area contributed by atoms with Gasteiger partial charge in [0.15, 0.2) is 0 Å². The third kappa shape index (κ3) is 4.58. The second-order valence-electron chi connectivity index (χ2n) is 6.93. The number of hydrogen-bond donors (Lipinski definition) is 2. The minimum atomic E-state index is -0.770. The molecule has 0 bridgehead atoms. The van der Waals surface area contributed by atoms with Crippen molar-refractivity contribution in [3.8, 4) is 10.6 Å². The van der Waals surface area contributed by atoms with Crippen LogP contribution < -0.4 is 5.32 Å². The summed E-state index contributed by atoms with van der Waals surface area (Å²) in [5.74, 6) is -0.762. The van der Waals surface area contributed by atoms with Crippen molar-refractivity contribution in [2.24, 2.45) is 0 Å². The molecule has 6 nitrogen and oxygen atoms in total. The second kappa shape index (κ2) is 8.92. The van der Waals surface area contributed by atoms with Gasteiger partial charge >= 0.3 is 5.97 Å².